The number of nitrogens with zero attached hydrogens (tertiary/aromatic N) is 4. The van der Waals surface area contributed by atoms with E-state index in [0.717, 1.165) is 39.1 Å². The van der Waals surface area contributed by atoms with E-state index in [-0.39, 0.29) is 5.41 Å². The number of benzene rings is 9. The van der Waals surface area contributed by atoms with Crippen LogP contribution in [0.3, 0.4) is 0 Å². The molecule has 0 bridgehead atoms. The number of fused-ring (bicyclic) bond motifs is 11. The highest BCUT2D eigenvalue weighted by Gasteiger charge is 2.38. The molecular formula is C59H40N4. The Labute approximate surface area is 365 Å². The summed E-state index contributed by atoms with van der Waals surface area (Å²) in [4.78, 5) is 10.3. The van der Waals surface area contributed by atoms with Crippen molar-refractivity contribution in [2.45, 2.75) is 19.3 Å². The minimum Gasteiger partial charge on any atom is -0.309 e. The van der Waals surface area contributed by atoms with Gasteiger partial charge in [-0.05, 0) is 112 Å². The van der Waals surface area contributed by atoms with Crippen LogP contribution in [0.1, 0.15) is 25.0 Å². The fourth-order valence-corrected chi connectivity index (χ4v) is 10.6. The molecule has 3 heterocycles. The van der Waals surface area contributed by atoms with E-state index < -0.39 is 0 Å². The van der Waals surface area contributed by atoms with Gasteiger partial charge in [0.15, 0.2) is 5.82 Å². The van der Waals surface area contributed by atoms with Gasteiger partial charge in [0, 0.05) is 54.8 Å². The maximum Gasteiger partial charge on any atom is 0.160 e. The van der Waals surface area contributed by atoms with E-state index in [2.05, 4.69) is 217 Å². The average Bonchev–Trinajstić information content (AvgIpc) is 3.94. The molecule has 0 saturated heterocycles. The van der Waals surface area contributed by atoms with E-state index in [0.29, 0.717) is 5.82 Å². The van der Waals surface area contributed by atoms with Gasteiger partial charge < -0.3 is 9.13 Å². The van der Waals surface area contributed by atoms with E-state index in [4.69, 9.17) is 9.97 Å². The fraction of sp³-hybridized carbons (Fsp3) is 0.0508. The average molecular weight is 805 g/mol. The molecule has 0 radical (unpaired) electrons. The first kappa shape index (κ1) is 35.7. The van der Waals surface area contributed by atoms with Gasteiger partial charge in [-0.2, -0.15) is 0 Å². The zero-order valence-electron chi connectivity index (χ0n) is 34.9. The smallest absolute Gasteiger partial charge is 0.160 e. The maximum absolute atomic E-state index is 5.18. The van der Waals surface area contributed by atoms with Crippen molar-refractivity contribution in [3.63, 3.8) is 0 Å². The van der Waals surface area contributed by atoms with Crippen LogP contribution in [0.25, 0.3) is 111 Å². The summed E-state index contributed by atoms with van der Waals surface area (Å²) in [7, 11) is 0. The predicted octanol–water partition coefficient (Wildman–Crippen LogP) is 15.1. The molecule has 0 spiro atoms. The van der Waals surface area contributed by atoms with Crippen molar-refractivity contribution in [1.29, 1.82) is 0 Å². The van der Waals surface area contributed by atoms with E-state index in [1.54, 1.807) is 0 Å². The molecule has 4 nitrogen and oxygen atoms in total. The second-order valence-electron chi connectivity index (χ2n) is 17.4. The number of rotatable bonds is 5. The van der Waals surface area contributed by atoms with Crippen LogP contribution in [0.5, 0.6) is 0 Å². The molecule has 0 N–H and O–H groups in total. The summed E-state index contributed by atoms with van der Waals surface area (Å²) in [5, 5.41) is 6.11. The summed E-state index contributed by atoms with van der Waals surface area (Å²) in [5.41, 5.74) is 18.6. The molecule has 9 aromatic carbocycles. The SMILES string of the molecule is CC1(C)c2ccccc2-c2ccc3c(c21)c1cc(-c2ccc4c(c2)c2ccccc2n4-c2ccccc2)ccc1n3-c1ccc(-c2nc(-c3ccccc3)c3ccccc3n2)cc1. The van der Waals surface area contributed by atoms with Crippen molar-refractivity contribution >= 4 is 54.5 Å². The molecule has 0 aliphatic heterocycles. The Kier molecular flexibility index (Phi) is 7.62. The molecule has 0 atom stereocenters. The molecule has 3 aromatic heterocycles. The van der Waals surface area contributed by atoms with Crippen molar-refractivity contribution in [3.05, 3.63) is 217 Å². The summed E-state index contributed by atoms with van der Waals surface area (Å²) in [6.07, 6.45) is 0. The van der Waals surface area contributed by atoms with Gasteiger partial charge in [-0.25, -0.2) is 9.97 Å². The van der Waals surface area contributed by atoms with Gasteiger partial charge in [0.25, 0.3) is 0 Å². The topological polar surface area (TPSA) is 35.6 Å². The molecule has 13 rings (SSSR count). The molecule has 63 heavy (non-hydrogen) atoms. The van der Waals surface area contributed by atoms with Crippen molar-refractivity contribution in [1.82, 2.24) is 19.1 Å². The molecule has 0 saturated carbocycles. The minimum absolute atomic E-state index is 0.188. The van der Waals surface area contributed by atoms with Crippen molar-refractivity contribution < 1.29 is 0 Å². The Morgan fingerprint density at radius 2 is 0.952 bits per heavy atom. The van der Waals surface area contributed by atoms with Gasteiger partial charge in [0.1, 0.15) is 0 Å². The van der Waals surface area contributed by atoms with E-state index in [9.17, 15) is 0 Å². The third-order valence-electron chi connectivity index (χ3n) is 13.5. The number of aromatic nitrogens is 4. The molecule has 0 unspecified atom stereocenters. The summed E-state index contributed by atoms with van der Waals surface area (Å²) in [6, 6.07) is 74.6. The molecule has 296 valence electrons. The largest absolute Gasteiger partial charge is 0.309 e. The lowest BCUT2D eigenvalue weighted by Crippen LogP contribution is -2.15. The number of hydrogen-bond donors (Lipinski definition) is 0. The monoisotopic (exact) mass is 804 g/mol. The lowest BCUT2D eigenvalue weighted by atomic mass is 9.80. The first-order valence-electron chi connectivity index (χ1n) is 21.7. The highest BCUT2D eigenvalue weighted by atomic mass is 15.0. The highest BCUT2D eigenvalue weighted by Crippen LogP contribution is 2.53. The third kappa shape index (κ3) is 5.28. The molecule has 0 amide bonds. The van der Waals surface area contributed by atoms with Gasteiger partial charge in [-0.15, -0.1) is 0 Å². The predicted molar refractivity (Wildman–Crippen MR) is 262 cm³/mol. The van der Waals surface area contributed by atoms with Gasteiger partial charge in [-0.3, -0.25) is 0 Å². The van der Waals surface area contributed by atoms with Gasteiger partial charge in [0.2, 0.25) is 0 Å². The van der Waals surface area contributed by atoms with Crippen LogP contribution in [0.2, 0.25) is 0 Å². The summed E-state index contributed by atoms with van der Waals surface area (Å²) >= 11 is 0. The van der Waals surface area contributed by atoms with Crippen molar-refractivity contribution in [2.24, 2.45) is 0 Å². The van der Waals surface area contributed by atoms with E-state index in [1.165, 1.54) is 77.0 Å². The van der Waals surface area contributed by atoms with Crippen LogP contribution in [0, 0.1) is 0 Å². The van der Waals surface area contributed by atoms with Crippen LogP contribution in [-0.4, -0.2) is 19.1 Å². The van der Waals surface area contributed by atoms with Gasteiger partial charge in [-0.1, -0.05) is 141 Å². The maximum atomic E-state index is 5.18. The number of para-hydroxylation sites is 3. The summed E-state index contributed by atoms with van der Waals surface area (Å²) in [6.45, 7) is 4.78. The van der Waals surface area contributed by atoms with Crippen LogP contribution in [-0.2, 0) is 5.41 Å². The van der Waals surface area contributed by atoms with Crippen LogP contribution in [0.15, 0.2) is 206 Å². The highest BCUT2D eigenvalue weighted by molar-refractivity contribution is 6.16. The van der Waals surface area contributed by atoms with Crippen molar-refractivity contribution in [3.8, 4) is 56.3 Å². The van der Waals surface area contributed by atoms with E-state index >= 15 is 0 Å². The summed E-state index contributed by atoms with van der Waals surface area (Å²) < 4.78 is 4.83. The number of hydrogen-bond acceptors (Lipinski definition) is 2. The van der Waals surface area contributed by atoms with Crippen molar-refractivity contribution in [2.75, 3.05) is 0 Å². The fourth-order valence-electron chi connectivity index (χ4n) is 10.6. The Morgan fingerprint density at radius 3 is 1.75 bits per heavy atom. The van der Waals surface area contributed by atoms with Crippen LogP contribution >= 0.6 is 0 Å². The standard InChI is InChI=1S/C59H40N4/c1-59(2)49-22-12-9-19-43(49)45-31-34-54-55(56(45)59)48-36-40(39-27-32-52-47(35-39)44-20-11-14-24-51(44)62(52)41-17-7-4-8-18-41)28-33-53(48)63(54)42-29-25-38(26-30-42)58-60-50-23-13-10-21-46(50)57(61-58)37-15-5-3-6-16-37/h3-36H,1-2H3. The van der Waals surface area contributed by atoms with Gasteiger partial charge >= 0.3 is 0 Å². The quantitative estimate of drug-likeness (QED) is 0.174. The Hall–Kier alpha value is -8.08. The Balaban J connectivity index is 1.00. The zero-order valence-corrected chi connectivity index (χ0v) is 34.9. The molecular weight excluding hydrogens is 765 g/mol. The van der Waals surface area contributed by atoms with Gasteiger partial charge in [0.05, 0.1) is 33.3 Å². The summed E-state index contributed by atoms with van der Waals surface area (Å²) in [5.74, 6) is 0.715. The lowest BCUT2D eigenvalue weighted by molar-refractivity contribution is 0.666. The lowest BCUT2D eigenvalue weighted by Gasteiger charge is -2.22. The third-order valence-corrected chi connectivity index (χ3v) is 13.5. The molecule has 4 heteroatoms. The Morgan fingerprint density at radius 1 is 0.381 bits per heavy atom. The van der Waals surface area contributed by atoms with E-state index in [1.807, 2.05) is 12.1 Å². The van der Waals surface area contributed by atoms with Crippen LogP contribution < -0.4 is 0 Å². The minimum atomic E-state index is -0.188. The molecule has 12 aromatic rings. The first-order valence-corrected chi connectivity index (χ1v) is 21.7. The first-order chi connectivity index (χ1) is 31.0. The molecule has 1 aliphatic rings. The Bertz CT molecular complexity index is 3800. The molecule has 1 aliphatic carbocycles. The molecule has 0 fully saturated rings. The second kappa shape index (κ2) is 13.5. The normalized spacial score (nSPS) is 13.0. The second-order valence-corrected chi connectivity index (χ2v) is 17.4. The zero-order chi connectivity index (χ0) is 41.8. The van der Waals surface area contributed by atoms with Crippen LogP contribution in [0.4, 0.5) is 0 Å².